The summed E-state index contributed by atoms with van der Waals surface area (Å²) in [4.78, 5) is 25.2. The molecular formula is C20H19N5O. The number of aromatic nitrogens is 3. The Bertz CT molecular complexity index is 981. The maximum absolute atomic E-state index is 11.9. The Morgan fingerprint density at radius 1 is 1.12 bits per heavy atom. The van der Waals surface area contributed by atoms with Gasteiger partial charge in [-0.15, -0.1) is 0 Å². The summed E-state index contributed by atoms with van der Waals surface area (Å²) in [5, 5.41) is 2.87. The molecule has 4 rings (SSSR count). The van der Waals surface area contributed by atoms with Crippen molar-refractivity contribution in [1.29, 1.82) is 0 Å². The van der Waals surface area contributed by atoms with Gasteiger partial charge in [0, 0.05) is 35.1 Å². The second kappa shape index (κ2) is 6.55. The van der Waals surface area contributed by atoms with Gasteiger partial charge in [-0.1, -0.05) is 6.07 Å². The minimum Gasteiger partial charge on any atom is -0.399 e. The lowest BCUT2D eigenvalue weighted by Gasteiger charge is -2.09. The van der Waals surface area contributed by atoms with Crippen LogP contribution < -0.4 is 11.1 Å². The second-order valence-corrected chi connectivity index (χ2v) is 6.53. The first-order valence-corrected chi connectivity index (χ1v) is 8.57. The molecule has 2 heterocycles. The van der Waals surface area contributed by atoms with E-state index in [4.69, 9.17) is 5.73 Å². The van der Waals surface area contributed by atoms with E-state index in [1.54, 1.807) is 12.4 Å². The van der Waals surface area contributed by atoms with E-state index in [2.05, 4.69) is 20.3 Å². The summed E-state index contributed by atoms with van der Waals surface area (Å²) in [7, 11) is 0. The van der Waals surface area contributed by atoms with Crippen LogP contribution in [0.3, 0.4) is 0 Å². The smallest absolute Gasteiger partial charge is 0.228 e. The number of benzene rings is 1. The molecule has 1 fully saturated rings. The van der Waals surface area contributed by atoms with Gasteiger partial charge < -0.3 is 11.1 Å². The standard InChI is InChI=1S/C20H19N5O/c1-12-2-5-15(21)11-16(12)19-23-9-7-17(24-19)14-6-8-22-18(10-14)25-20(26)13-3-4-13/h2,5-11,13H,3-4,21H2,1H3,(H,22,25,26). The molecule has 1 aliphatic carbocycles. The zero-order valence-electron chi connectivity index (χ0n) is 14.4. The minimum absolute atomic E-state index is 0.0356. The molecule has 0 spiro atoms. The van der Waals surface area contributed by atoms with Crippen LogP contribution >= 0.6 is 0 Å². The van der Waals surface area contributed by atoms with Gasteiger partial charge in [0.15, 0.2) is 5.82 Å². The van der Waals surface area contributed by atoms with Gasteiger partial charge in [-0.05, 0) is 55.7 Å². The molecule has 0 unspecified atom stereocenters. The molecule has 26 heavy (non-hydrogen) atoms. The third-order valence-corrected chi connectivity index (χ3v) is 4.41. The number of hydrogen-bond acceptors (Lipinski definition) is 5. The molecule has 130 valence electrons. The molecule has 0 atom stereocenters. The monoisotopic (exact) mass is 345 g/mol. The first-order chi connectivity index (χ1) is 12.6. The second-order valence-electron chi connectivity index (χ2n) is 6.53. The zero-order valence-corrected chi connectivity index (χ0v) is 14.4. The Hall–Kier alpha value is -3.28. The summed E-state index contributed by atoms with van der Waals surface area (Å²) >= 11 is 0. The molecule has 1 saturated carbocycles. The fourth-order valence-corrected chi connectivity index (χ4v) is 2.76. The highest BCUT2D eigenvalue weighted by Crippen LogP contribution is 2.30. The highest BCUT2D eigenvalue weighted by atomic mass is 16.2. The number of nitrogens with two attached hydrogens (primary N) is 1. The van der Waals surface area contributed by atoms with Crippen LogP contribution in [0.15, 0.2) is 48.8 Å². The third kappa shape index (κ3) is 3.39. The number of nitrogens with one attached hydrogen (secondary N) is 1. The third-order valence-electron chi connectivity index (χ3n) is 4.41. The van der Waals surface area contributed by atoms with E-state index >= 15 is 0 Å². The number of aryl methyl sites for hydroxylation is 1. The fourth-order valence-electron chi connectivity index (χ4n) is 2.76. The van der Waals surface area contributed by atoms with Gasteiger partial charge in [0.2, 0.25) is 5.91 Å². The van der Waals surface area contributed by atoms with Crippen molar-refractivity contribution in [1.82, 2.24) is 15.0 Å². The molecule has 0 radical (unpaired) electrons. The van der Waals surface area contributed by atoms with Crippen molar-refractivity contribution in [3.05, 3.63) is 54.4 Å². The number of hydrogen-bond donors (Lipinski definition) is 2. The normalized spacial score (nSPS) is 13.4. The van der Waals surface area contributed by atoms with Crippen molar-refractivity contribution in [3.63, 3.8) is 0 Å². The zero-order chi connectivity index (χ0) is 18.1. The van der Waals surface area contributed by atoms with Gasteiger partial charge in [-0.3, -0.25) is 4.79 Å². The van der Waals surface area contributed by atoms with E-state index < -0.39 is 0 Å². The summed E-state index contributed by atoms with van der Waals surface area (Å²) < 4.78 is 0. The number of pyridine rings is 1. The maximum Gasteiger partial charge on any atom is 0.228 e. The Kier molecular flexibility index (Phi) is 4.08. The predicted molar refractivity (Wildman–Crippen MR) is 101 cm³/mol. The highest BCUT2D eigenvalue weighted by molar-refractivity contribution is 5.93. The number of nitrogen functional groups attached to an aromatic ring is 1. The number of rotatable bonds is 4. The van der Waals surface area contributed by atoms with Crippen LogP contribution in [0.1, 0.15) is 18.4 Å². The first kappa shape index (κ1) is 16.2. The van der Waals surface area contributed by atoms with E-state index in [1.807, 2.05) is 43.3 Å². The van der Waals surface area contributed by atoms with Gasteiger partial charge in [0.05, 0.1) is 5.69 Å². The fraction of sp³-hybridized carbons (Fsp3) is 0.200. The summed E-state index contributed by atoms with van der Waals surface area (Å²) in [5.74, 6) is 1.33. The summed E-state index contributed by atoms with van der Waals surface area (Å²) in [6.45, 7) is 2.00. The van der Waals surface area contributed by atoms with Gasteiger partial charge >= 0.3 is 0 Å². The van der Waals surface area contributed by atoms with Crippen molar-refractivity contribution in [2.24, 2.45) is 5.92 Å². The molecule has 2 aromatic heterocycles. The Labute approximate surface area is 151 Å². The van der Waals surface area contributed by atoms with Crippen molar-refractivity contribution in [2.45, 2.75) is 19.8 Å². The number of amides is 1. The van der Waals surface area contributed by atoms with E-state index in [9.17, 15) is 4.79 Å². The molecular weight excluding hydrogens is 326 g/mol. The topological polar surface area (TPSA) is 93.8 Å². The summed E-state index contributed by atoms with van der Waals surface area (Å²) in [6.07, 6.45) is 5.31. The Morgan fingerprint density at radius 2 is 1.92 bits per heavy atom. The van der Waals surface area contributed by atoms with Crippen LogP contribution in [-0.2, 0) is 4.79 Å². The molecule has 6 heteroatoms. The van der Waals surface area contributed by atoms with Crippen LogP contribution in [0.5, 0.6) is 0 Å². The van der Waals surface area contributed by atoms with Crippen LogP contribution in [0.25, 0.3) is 22.6 Å². The quantitative estimate of drug-likeness (QED) is 0.706. The summed E-state index contributed by atoms with van der Waals surface area (Å²) in [5.41, 5.74) is 10.2. The molecule has 1 aromatic carbocycles. The lowest BCUT2D eigenvalue weighted by molar-refractivity contribution is -0.117. The van der Waals surface area contributed by atoms with Crippen molar-refractivity contribution in [3.8, 4) is 22.6 Å². The maximum atomic E-state index is 11.9. The SMILES string of the molecule is Cc1ccc(N)cc1-c1nccc(-c2ccnc(NC(=O)C3CC3)c2)n1. The van der Waals surface area contributed by atoms with E-state index in [-0.39, 0.29) is 11.8 Å². The molecule has 3 N–H and O–H groups in total. The van der Waals surface area contributed by atoms with Gasteiger partial charge in [-0.25, -0.2) is 15.0 Å². The van der Waals surface area contributed by atoms with Crippen molar-refractivity contribution >= 4 is 17.4 Å². The predicted octanol–water partition coefficient (Wildman–Crippen LogP) is 3.44. The van der Waals surface area contributed by atoms with Gasteiger partial charge in [-0.2, -0.15) is 0 Å². The number of carbonyl (C=O) groups is 1. The van der Waals surface area contributed by atoms with Crippen LogP contribution in [-0.4, -0.2) is 20.9 Å². The van der Waals surface area contributed by atoms with E-state index in [0.717, 1.165) is 35.2 Å². The largest absolute Gasteiger partial charge is 0.399 e. The van der Waals surface area contributed by atoms with Gasteiger partial charge in [0.25, 0.3) is 0 Å². The lowest BCUT2D eigenvalue weighted by atomic mass is 10.1. The molecule has 6 nitrogen and oxygen atoms in total. The van der Waals surface area contributed by atoms with E-state index in [1.165, 1.54) is 0 Å². The first-order valence-electron chi connectivity index (χ1n) is 8.57. The summed E-state index contributed by atoms with van der Waals surface area (Å²) in [6, 6.07) is 11.2. The average molecular weight is 345 g/mol. The molecule has 0 bridgehead atoms. The number of carbonyl (C=O) groups excluding carboxylic acids is 1. The molecule has 0 aliphatic heterocycles. The number of nitrogens with zero attached hydrogens (tertiary/aromatic N) is 3. The molecule has 1 aliphatic rings. The Balaban J connectivity index is 1.66. The molecule has 0 saturated heterocycles. The number of anilines is 2. The highest BCUT2D eigenvalue weighted by Gasteiger charge is 2.29. The minimum atomic E-state index is 0.0356. The van der Waals surface area contributed by atoms with E-state index in [0.29, 0.717) is 17.3 Å². The lowest BCUT2D eigenvalue weighted by Crippen LogP contribution is -2.14. The Morgan fingerprint density at radius 3 is 2.73 bits per heavy atom. The van der Waals surface area contributed by atoms with Crippen molar-refractivity contribution < 1.29 is 4.79 Å². The van der Waals surface area contributed by atoms with Crippen LogP contribution in [0.4, 0.5) is 11.5 Å². The van der Waals surface area contributed by atoms with Crippen molar-refractivity contribution in [2.75, 3.05) is 11.1 Å². The van der Waals surface area contributed by atoms with Crippen LogP contribution in [0, 0.1) is 12.8 Å². The molecule has 3 aromatic rings. The van der Waals surface area contributed by atoms with Crippen LogP contribution in [0.2, 0.25) is 0 Å². The molecule has 1 amide bonds. The van der Waals surface area contributed by atoms with Gasteiger partial charge in [0.1, 0.15) is 5.82 Å². The average Bonchev–Trinajstić information content (AvgIpc) is 3.49.